The molecule has 0 aliphatic rings. The number of nitrogens with zero attached hydrogens (tertiary/aromatic N) is 3. The molecule has 0 saturated carbocycles. The highest BCUT2D eigenvalue weighted by Gasteiger charge is 2.01. The van der Waals surface area contributed by atoms with Crippen molar-refractivity contribution in [1.82, 2.24) is 14.9 Å². The molecule has 0 aliphatic carbocycles. The molecule has 1 heterocycles. The van der Waals surface area contributed by atoms with Gasteiger partial charge in [0.25, 0.3) is 5.56 Å². The van der Waals surface area contributed by atoms with Gasteiger partial charge < -0.3 is 4.74 Å². The second-order valence-corrected chi connectivity index (χ2v) is 6.28. The number of hydrogen-bond acceptors (Lipinski definition) is 5. The number of hydrogen-bond donors (Lipinski definition) is 1. The van der Waals surface area contributed by atoms with Crippen LogP contribution in [0.15, 0.2) is 58.4 Å². The van der Waals surface area contributed by atoms with E-state index in [0.717, 1.165) is 21.6 Å². The fourth-order valence-corrected chi connectivity index (χ4v) is 2.40. The summed E-state index contributed by atoms with van der Waals surface area (Å²) in [6, 6.07) is 14.8. The smallest absolute Gasteiger partial charge is 0.296 e. The molecule has 0 amide bonds. The molecule has 8 heteroatoms. The second-order valence-electron chi connectivity index (χ2n) is 5.46. The molecule has 0 fully saturated rings. The lowest BCUT2D eigenvalue weighted by Crippen LogP contribution is -2.22. The van der Waals surface area contributed by atoms with Gasteiger partial charge in [-0.15, -0.1) is 0 Å². The van der Waals surface area contributed by atoms with Crippen LogP contribution in [0.5, 0.6) is 5.75 Å². The number of ether oxygens (including phenoxy) is 1. The summed E-state index contributed by atoms with van der Waals surface area (Å²) in [5, 5.41) is 11.2. The van der Waals surface area contributed by atoms with Gasteiger partial charge >= 0.3 is 0 Å². The van der Waals surface area contributed by atoms with Crippen LogP contribution in [-0.4, -0.2) is 21.1 Å². The van der Waals surface area contributed by atoms with Gasteiger partial charge in [-0.1, -0.05) is 23.7 Å². The van der Waals surface area contributed by atoms with Crippen LogP contribution in [0.4, 0.5) is 0 Å². The number of halogens is 1. The van der Waals surface area contributed by atoms with Crippen molar-refractivity contribution in [3.05, 3.63) is 85.5 Å². The molecule has 0 bridgehead atoms. The van der Waals surface area contributed by atoms with E-state index in [4.69, 9.17) is 28.6 Å². The fraction of sp³-hybridized carbons (Fsp3) is 0.111. The van der Waals surface area contributed by atoms with Gasteiger partial charge in [-0.3, -0.25) is 9.89 Å². The number of aromatic amines is 1. The third-order valence-electron chi connectivity index (χ3n) is 3.53. The van der Waals surface area contributed by atoms with E-state index >= 15 is 0 Å². The quantitative estimate of drug-likeness (QED) is 0.535. The summed E-state index contributed by atoms with van der Waals surface area (Å²) >= 11 is 10.9. The van der Waals surface area contributed by atoms with Gasteiger partial charge in [-0.05, 0) is 66.7 Å². The van der Waals surface area contributed by atoms with Crippen LogP contribution < -0.4 is 10.3 Å². The predicted octanol–water partition coefficient (Wildman–Crippen LogP) is 3.72. The normalized spacial score (nSPS) is 11.0. The Labute approximate surface area is 159 Å². The van der Waals surface area contributed by atoms with Crippen LogP contribution in [0.3, 0.4) is 0 Å². The minimum Gasteiger partial charge on any atom is -0.489 e. The molecule has 1 aromatic heterocycles. The topological polar surface area (TPSA) is 72.3 Å². The van der Waals surface area contributed by atoms with Gasteiger partial charge in [0, 0.05) is 5.02 Å². The van der Waals surface area contributed by atoms with Crippen molar-refractivity contribution in [3.8, 4) is 5.75 Å². The standard InChI is InChI=1S/C18H15ClN4O2S/c1-12-17(24)23(18(26)22-21-12)20-10-13-4-8-16(9-5-13)25-11-14-2-6-15(19)7-3-14/h2-10H,11H2,1H3,(H,22,26)/b20-10+. The van der Waals surface area contributed by atoms with Crippen molar-refractivity contribution in [2.24, 2.45) is 5.10 Å². The third-order valence-corrected chi connectivity index (χ3v) is 4.05. The van der Waals surface area contributed by atoms with Crippen molar-refractivity contribution in [1.29, 1.82) is 0 Å². The Morgan fingerprint density at radius 3 is 2.62 bits per heavy atom. The lowest BCUT2D eigenvalue weighted by Gasteiger charge is -2.06. The Kier molecular flexibility index (Phi) is 5.60. The zero-order chi connectivity index (χ0) is 18.5. The molecular weight excluding hydrogens is 372 g/mol. The number of aromatic nitrogens is 3. The summed E-state index contributed by atoms with van der Waals surface area (Å²) in [4.78, 5) is 12.0. The highest BCUT2D eigenvalue weighted by molar-refractivity contribution is 7.71. The van der Waals surface area contributed by atoms with Crippen molar-refractivity contribution < 1.29 is 4.74 Å². The lowest BCUT2D eigenvalue weighted by molar-refractivity contribution is 0.306. The summed E-state index contributed by atoms with van der Waals surface area (Å²) < 4.78 is 6.97. The van der Waals surface area contributed by atoms with Crippen molar-refractivity contribution in [3.63, 3.8) is 0 Å². The number of H-pyrrole nitrogens is 1. The van der Waals surface area contributed by atoms with Gasteiger partial charge in [-0.2, -0.15) is 14.9 Å². The number of aryl methyl sites for hydroxylation is 1. The lowest BCUT2D eigenvalue weighted by atomic mass is 10.2. The van der Waals surface area contributed by atoms with E-state index in [1.807, 2.05) is 48.5 Å². The third kappa shape index (κ3) is 4.44. The van der Waals surface area contributed by atoms with Crippen LogP contribution in [-0.2, 0) is 6.61 Å². The Morgan fingerprint density at radius 1 is 1.23 bits per heavy atom. The van der Waals surface area contributed by atoms with E-state index in [9.17, 15) is 4.79 Å². The Morgan fingerprint density at radius 2 is 1.92 bits per heavy atom. The number of rotatable bonds is 5. The zero-order valence-corrected chi connectivity index (χ0v) is 15.4. The highest BCUT2D eigenvalue weighted by atomic mass is 35.5. The number of nitrogens with one attached hydrogen (secondary N) is 1. The molecule has 0 spiro atoms. The Hall–Kier alpha value is -2.77. The molecule has 0 unspecified atom stereocenters. The largest absolute Gasteiger partial charge is 0.489 e. The first-order chi connectivity index (χ1) is 12.5. The van der Waals surface area contributed by atoms with E-state index in [1.165, 1.54) is 0 Å². The molecule has 6 nitrogen and oxygen atoms in total. The van der Waals surface area contributed by atoms with Crippen LogP contribution in [0.25, 0.3) is 0 Å². The molecule has 26 heavy (non-hydrogen) atoms. The average Bonchev–Trinajstić information content (AvgIpc) is 2.65. The van der Waals surface area contributed by atoms with E-state index in [2.05, 4.69) is 15.3 Å². The minimum atomic E-state index is -0.354. The molecule has 132 valence electrons. The molecule has 0 saturated heterocycles. The number of benzene rings is 2. The van der Waals surface area contributed by atoms with Crippen molar-refractivity contribution >= 4 is 30.0 Å². The summed E-state index contributed by atoms with van der Waals surface area (Å²) in [7, 11) is 0. The van der Waals surface area contributed by atoms with Gasteiger partial charge in [0.2, 0.25) is 4.77 Å². The zero-order valence-electron chi connectivity index (χ0n) is 13.8. The molecule has 2 aromatic carbocycles. The van der Waals surface area contributed by atoms with E-state index in [1.54, 1.807) is 13.1 Å². The van der Waals surface area contributed by atoms with E-state index < -0.39 is 0 Å². The first kappa shape index (κ1) is 18.0. The monoisotopic (exact) mass is 386 g/mol. The van der Waals surface area contributed by atoms with E-state index in [0.29, 0.717) is 17.3 Å². The molecule has 0 aliphatic heterocycles. The van der Waals surface area contributed by atoms with Gasteiger partial charge in [0.1, 0.15) is 18.1 Å². The predicted molar refractivity (Wildman–Crippen MR) is 104 cm³/mol. The molecule has 3 aromatic rings. The van der Waals surface area contributed by atoms with Crippen molar-refractivity contribution in [2.75, 3.05) is 0 Å². The summed E-state index contributed by atoms with van der Waals surface area (Å²) in [5.41, 5.74) is 1.77. The van der Waals surface area contributed by atoms with Gasteiger partial charge in [-0.25, -0.2) is 0 Å². The molecule has 0 atom stereocenters. The Bertz CT molecular complexity index is 1040. The second kappa shape index (κ2) is 8.07. The van der Waals surface area contributed by atoms with Crippen LogP contribution in [0.2, 0.25) is 5.02 Å². The first-order valence-electron chi connectivity index (χ1n) is 7.73. The summed E-state index contributed by atoms with van der Waals surface area (Å²) in [6.45, 7) is 2.04. The first-order valence-corrected chi connectivity index (χ1v) is 8.51. The van der Waals surface area contributed by atoms with Crippen molar-refractivity contribution in [2.45, 2.75) is 13.5 Å². The molecular formula is C18H15ClN4O2S. The maximum Gasteiger partial charge on any atom is 0.296 e. The molecule has 3 rings (SSSR count). The Balaban J connectivity index is 1.68. The van der Waals surface area contributed by atoms with E-state index in [-0.39, 0.29) is 10.3 Å². The maximum atomic E-state index is 12.0. The molecule has 0 radical (unpaired) electrons. The van der Waals surface area contributed by atoms with Crippen LogP contribution in [0, 0.1) is 11.7 Å². The summed E-state index contributed by atoms with van der Waals surface area (Å²) in [6.07, 6.45) is 1.55. The van der Waals surface area contributed by atoms with Gasteiger partial charge in [0.15, 0.2) is 0 Å². The maximum absolute atomic E-state index is 12.0. The SMILES string of the molecule is Cc1n[nH]c(=S)n(/N=C/c2ccc(OCc3ccc(Cl)cc3)cc2)c1=O. The van der Waals surface area contributed by atoms with Gasteiger partial charge in [0.05, 0.1) is 6.21 Å². The van der Waals surface area contributed by atoms with Crippen LogP contribution in [0.1, 0.15) is 16.8 Å². The van der Waals surface area contributed by atoms with Crippen LogP contribution >= 0.6 is 23.8 Å². The molecule has 1 N–H and O–H groups in total. The average molecular weight is 387 g/mol. The fourth-order valence-electron chi connectivity index (χ4n) is 2.10. The highest BCUT2D eigenvalue weighted by Crippen LogP contribution is 2.15. The summed E-state index contributed by atoms with van der Waals surface area (Å²) in [5.74, 6) is 0.728. The minimum absolute atomic E-state index is 0.139.